The average Bonchev–Trinajstić information content (AvgIpc) is 3.24. The molecule has 3 unspecified atom stereocenters. The molecule has 1 heterocycles. The normalized spacial score (nSPS) is 38.0. The summed E-state index contributed by atoms with van der Waals surface area (Å²) in [5.41, 5.74) is 5.30. The summed E-state index contributed by atoms with van der Waals surface area (Å²) >= 11 is 0. The van der Waals surface area contributed by atoms with Gasteiger partial charge in [-0.25, -0.2) is 4.79 Å². The zero-order valence-corrected chi connectivity index (χ0v) is 14.6. The van der Waals surface area contributed by atoms with Crippen molar-refractivity contribution in [2.45, 2.75) is 82.5 Å². The number of carbonyl (C=O) groups excluding carboxylic acids is 2. The maximum absolute atomic E-state index is 12.5. The summed E-state index contributed by atoms with van der Waals surface area (Å²) in [7, 11) is 0. The SMILES string of the molecule is C=C(N)C(=O)OC1CCC(CCC(=O)C2CCC3OC3(C)C2)CC1. The Morgan fingerprint density at radius 2 is 1.92 bits per heavy atom. The highest BCUT2D eigenvalue weighted by Gasteiger charge is 2.56. The lowest BCUT2D eigenvalue weighted by Gasteiger charge is -2.29. The number of Topliss-reactive ketones (excluding diaryl/α,β-unsaturated/α-hetero) is 1. The van der Waals surface area contributed by atoms with Crippen molar-refractivity contribution in [3.63, 3.8) is 0 Å². The van der Waals surface area contributed by atoms with E-state index in [1.165, 1.54) is 0 Å². The molecule has 24 heavy (non-hydrogen) atoms. The van der Waals surface area contributed by atoms with E-state index in [0.717, 1.165) is 51.4 Å². The van der Waals surface area contributed by atoms with Gasteiger partial charge in [0.15, 0.2) is 0 Å². The first-order valence-electron chi connectivity index (χ1n) is 9.23. The Hall–Kier alpha value is -1.36. The van der Waals surface area contributed by atoms with Crippen LogP contribution >= 0.6 is 0 Å². The largest absolute Gasteiger partial charge is 0.458 e. The molecule has 0 aromatic heterocycles. The second-order valence-electron chi connectivity index (χ2n) is 7.98. The monoisotopic (exact) mass is 335 g/mol. The second kappa shape index (κ2) is 6.87. The highest BCUT2D eigenvalue weighted by molar-refractivity contribution is 5.86. The van der Waals surface area contributed by atoms with Crippen molar-refractivity contribution in [2.75, 3.05) is 0 Å². The second-order valence-corrected chi connectivity index (χ2v) is 7.98. The number of epoxide rings is 1. The van der Waals surface area contributed by atoms with Crippen LogP contribution in [0.3, 0.4) is 0 Å². The van der Waals surface area contributed by atoms with Crippen LogP contribution in [0.25, 0.3) is 0 Å². The highest BCUT2D eigenvalue weighted by atomic mass is 16.6. The summed E-state index contributed by atoms with van der Waals surface area (Å²) in [5, 5.41) is 0. The lowest BCUT2D eigenvalue weighted by Crippen LogP contribution is -2.29. The first-order chi connectivity index (χ1) is 11.4. The number of nitrogens with two attached hydrogens (primary N) is 1. The fourth-order valence-corrected chi connectivity index (χ4v) is 4.37. The Labute approximate surface area is 143 Å². The zero-order valence-electron chi connectivity index (χ0n) is 14.6. The summed E-state index contributed by atoms with van der Waals surface area (Å²) in [4.78, 5) is 23.9. The zero-order chi connectivity index (χ0) is 17.3. The van der Waals surface area contributed by atoms with Gasteiger partial charge in [-0.3, -0.25) is 4.79 Å². The van der Waals surface area contributed by atoms with Crippen molar-refractivity contribution >= 4 is 11.8 Å². The van der Waals surface area contributed by atoms with Crippen molar-refractivity contribution in [2.24, 2.45) is 17.6 Å². The molecule has 5 heteroatoms. The lowest BCUT2D eigenvalue weighted by molar-refractivity contribution is -0.146. The van der Waals surface area contributed by atoms with Crippen LogP contribution in [0.2, 0.25) is 0 Å². The van der Waals surface area contributed by atoms with Gasteiger partial charge in [0.05, 0.1) is 11.7 Å². The fourth-order valence-electron chi connectivity index (χ4n) is 4.37. The minimum atomic E-state index is -0.500. The molecule has 3 rings (SSSR count). The molecule has 3 fully saturated rings. The Morgan fingerprint density at radius 1 is 1.21 bits per heavy atom. The molecule has 3 atom stereocenters. The minimum Gasteiger partial charge on any atom is -0.458 e. The number of carbonyl (C=O) groups is 2. The number of ketones is 1. The van der Waals surface area contributed by atoms with Gasteiger partial charge in [0.1, 0.15) is 17.6 Å². The molecule has 0 aromatic rings. The quantitative estimate of drug-likeness (QED) is 0.458. The minimum absolute atomic E-state index is 0.00644. The third-order valence-corrected chi connectivity index (χ3v) is 6.05. The molecule has 0 radical (unpaired) electrons. The molecule has 0 spiro atoms. The lowest BCUT2D eigenvalue weighted by atomic mass is 9.77. The maximum Gasteiger partial charge on any atom is 0.353 e. The Morgan fingerprint density at radius 3 is 2.54 bits per heavy atom. The fraction of sp³-hybridized carbons (Fsp3) is 0.789. The van der Waals surface area contributed by atoms with Crippen molar-refractivity contribution < 1.29 is 19.1 Å². The molecule has 3 aliphatic rings. The smallest absolute Gasteiger partial charge is 0.353 e. The average molecular weight is 335 g/mol. The number of hydrogen-bond acceptors (Lipinski definition) is 5. The molecule has 5 nitrogen and oxygen atoms in total. The number of ether oxygens (including phenoxy) is 2. The standard InChI is InChI=1S/C19H29NO4/c1-12(20)18(22)23-15-7-3-13(4-8-15)5-9-16(21)14-6-10-17-19(2,11-14)24-17/h13-15,17H,1,3-11,20H2,2H3. The molecule has 2 aliphatic carbocycles. The molecule has 1 saturated heterocycles. The maximum atomic E-state index is 12.5. The van der Waals surface area contributed by atoms with Gasteiger partial charge in [-0.05, 0) is 64.2 Å². The van der Waals surface area contributed by atoms with Gasteiger partial charge in [-0.1, -0.05) is 6.58 Å². The molecule has 0 aromatic carbocycles. The summed E-state index contributed by atoms with van der Waals surface area (Å²) < 4.78 is 11.0. The van der Waals surface area contributed by atoms with E-state index < -0.39 is 5.97 Å². The predicted molar refractivity (Wildman–Crippen MR) is 90.0 cm³/mol. The van der Waals surface area contributed by atoms with Crippen LogP contribution in [-0.4, -0.2) is 29.6 Å². The summed E-state index contributed by atoms with van der Waals surface area (Å²) in [5.74, 6) is 0.675. The van der Waals surface area contributed by atoms with Gasteiger partial charge in [-0.2, -0.15) is 0 Å². The first-order valence-corrected chi connectivity index (χ1v) is 9.23. The van der Waals surface area contributed by atoms with E-state index in [4.69, 9.17) is 15.2 Å². The number of fused-ring (bicyclic) bond motifs is 1. The van der Waals surface area contributed by atoms with Crippen LogP contribution in [0.4, 0.5) is 0 Å². The van der Waals surface area contributed by atoms with E-state index in [-0.39, 0.29) is 23.3 Å². The van der Waals surface area contributed by atoms with Crippen LogP contribution in [0.5, 0.6) is 0 Å². The number of esters is 1. The molecule has 134 valence electrons. The molecule has 0 bridgehead atoms. The van der Waals surface area contributed by atoms with Gasteiger partial charge in [0.25, 0.3) is 0 Å². The first kappa shape index (κ1) is 17.5. The van der Waals surface area contributed by atoms with Crippen LogP contribution in [0.15, 0.2) is 12.3 Å². The van der Waals surface area contributed by atoms with Crippen molar-refractivity contribution in [1.82, 2.24) is 0 Å². The Balaban J connectivity index is 1.35. The summed E-state index contributed by atoms with van der Waals surface area (Å²) in [6.45, 7) is 5.53. The van der Waals surface area contributed by atoms with Crippen LogP contribution in [0.1, 0.15) is 64.7 Å². The van der Waals surface area contributed by atoms with Crippen LogP contribution < -0.4 is 5.73 Å². The molecular formula is C19H29NO4. The summed E-state index contributed by atoms with van der Waals surface area (Å²) in [6.07, 6.45) is 8.66. The van der Waals surface area contributed by atoms with E-state index in [9.17, 15) is 9.59 Å². The molecule has 0 amide bonds. The number of rotatable bonds is 6. The van der Waals surface area contributed by atoms with E-state index >= 15 is 0 Å². The highest BCUT2D eigenvalue weighted by Crippen LogP contribution is 2.49. The molecule has 1 aliphatic heterocycles. The molecular weight excluding hydrogens is 306 g/mol. The Kier molecular flexibility index (Phi) is 5.00. The molecule has 2 saturated carbocycles. The van der Waals surface area contributed by atoms with E-state index in [1.807, 2.05) is 0 Å². The third-order valence-electron chi connectivity index (χ3n) is 6.05. The van der Waals surface area contributed by atoms with Gasteiger partial charge < -0.3 is 15.2 Å². The Bertz CT molecular complexity index is 523. The predicted octanol–water partition coefficient (Wildman–Crippen LogP) is 2.87. The van der Waals surface area contributed by atoms with Crippen molar-refractivity contribution in [3.8, 4) is 0 Å². The van der Waals surface area contributed by atoms with Gasteiger partial charge in [0.2, 0.25) is 0 Å². The van der Waals surface area contributed by atoms with Gasteiger partial charge in [-0.15, -0.1) is 0 Å². The third kappa shape index (κ3) is 4.00. The van der Waals surface area contributed by atoms with Crippen molar-refractivity contribution in [1.29, 1.82) is 0 Å². The summed E-state index contributed by atoms with van der Waals surface area (Å²) in [6, 6.07) is 0. The van der Waals surface area contributed by atoms with Crippen LogP contribution in [-0.2, 0) is 19.1 Å². The van der Waals surface area contributed by atoms with Crippen LogP contribution in [0, 0.1) is 11.8 Å². The topological polar surface area (TPSA) is 81.9 Å². The van der Waals surface area contributed by atoms with E-state index in [2.05, 4.69) is 13.5 Å². The van der Waals surface area contributed by atoms with E-state index in [1.54, 1.807) is 0 Å². The van der Waals surface area contributed by atoms with Gasteiger partial charge in [0, 0.05) is 12.3 Å². The van der Waals surface area contributed by atoms with Crippen molar-refractivity contribution in [3.05, 3.63) is 12.3 Å². The number of hydrogen-bond donors (Lipinski definition) is 1. The molecule has 2 N–H and O–H groups in total. The van der Waals surface area contributed by atoms with E-state index in [0.29, 0.717) is 24.2 Å². The van der Waals surface area contributed by atoms with Gasteiger partial charge >= 0.3 is 5.97 Å².